The summed E-state index contributed by atoms with van der Waals surface area (Å²) >= 11 is 1.52. The maximum atomic E-state index is 12.1. The van der Waals surface area contributed by atoms with Crippen LogP contribution >= 0.6 is 11.3 Å². The van der Waals surface area contributed by atoms with E-state index < -0.39 is 12.0 Å². The third kappa shape index (κ3) is 3.20. The molecule has 2 unspecified atom stereocenters. The molecule has 20 heavy (non-hydrogen) atoms. The van der Waals surface area contributed by atoms with Gasteiger partial charge in [0, 0.05) is 4.88 Å². The van der Waals surface area contributed by atoms with Crippen molar-refractivity contribution in [3.8, 4) is 0 Å². The largest absolute Gasteiger partial charge is 0.480 e. The molecule has 0 saturated heterocycles. The molecule has 2 N–H and O–H groups in total. The van der Waals surface area contributed by atoms with Crippen molar-refractivity contribution in [1.29, 1.82) is 0 Å². The minimum Gasteiger partial charge on any atom is -0.480 e. The van der Waals surface area contributed by atoms with Gasteiger partial charge >= 0.3 is 5.97 Å². The molecule has 4 nitrogen and oxygen atoms in total. The number of carbonyl (C=O) groups is 2. The lowest BCUT2D eigenvalue weighted by Crippen LogP contribution is -2.39. The van der Waals surface area contributed by atoms with Gasteiger partial charge in [0.2, 0.25) is 0 Å². The molecule has 2 atom stereocenters. The van der Waals surface area contributed by atoms with E-state index in [2.05, 4.69) is 12.2 Å². The Morgan fingerprint density at radius 2 is 2.25 bits per heavy atom. The van der Waals surface area contributed by atoms with Crippen molar-refractivity contribution >= 4 is 23.2 Å². The highest BCUT2D eigenvalue weighted by Crippen LogP contribution is 2.33. The average molecular weight is 295 g/mol. The van der Waals surface area contributed by atoms with Gasteiger partial charge in [-0.05, 0) is 43.2 Å². The van der Waals surface area contributed by atoms with E-state index in [0.717, 1.165) is 18.8 Å². The van der Waals surface area contributed by atoms with Gasteiger partial charge in [-0.2, -0.15) is 0 Å². The molecule has 5 heteroatoms. The molecule has 2 rings (SSSR count). The predicted molar refractivity (Wildman–Crippen MR) is 79.3 cm³/mol. The van der Waals surface area contributed by atoms with Gasteiger partial charge in [-0.25, -0.2) is 4.79 Å². The number of aliphatic carboxylic acids is 1. The van der Waals surface area contributed by atoms with Crippen molar-refractivity contribution < 1.29 is 14.7 Å². The Kier molecular flexibility index (Phi) is 4.81. The van der Waals surface area contributed by atoms with Crippen LogP contribution in [-0.2, 0) is 17.6 Å². The highest BCUT2D eigenvalue weighted by atomic mass is 32.1. The Morgan fingerprint density at radius 1 is 1.50 bits per heavy atom. The second-order valence-corrected chi connectivity index (χ2v) is 6.49. The lowest BCUT2D eigenvalue weighted by atomic mass is 9.87. The number of nitrogens with one attached hydrogen (secondary N) is 1. The van der Waals surface area contributed by atoms with E-state index in [1.165, 1.54) is 34.6 Å². The second kappa shape index (κ2) is 6.39. The van der Waals surface area contributed by atoms with Crippen LogP contribution < -0.4 is 5.32 Å². The summed E-state index contributed by atoms with van der Waals surface area (Å²) in [7, 11) is 0. The van der Waals surface area contributed by atoms with E-state index in [1.54, 1.807) is 6.92 Å². The van der Waals surface area contributed by atoms with Gasteiger partial charge < -0.3 is 10.4 Å². The Balaban J connectivity index is 2.09. The number of amides is 1. The van der Waals surface area contributed by atoms with E-state index in [9.17, 15) is 9.59 Å². The third-order valence-corrected chi connectivity index (χ3v) is 5.23. The molecule has 0 radical (unpaired) electrons. The minimum absolute atomic E-state index is 0.258. The van der Waals surface area contributed by atoms with Crippen LogP contribution in [0.3, 0.4) is 0 Å². The second-order valence-electron chi connectivity index (χ2n) is 5.35. The quantitative estimate of drug-likeness (QED) is 0.878. The molecule has 0 aliphatic heterocycles. The molecule has 0 aromatic carbocycles. The summed E-state index contributed by atoms with van der Waals surface area (Å²) in [5, 5.41) is 11.6. The van der Waals surface area contributed by atoms with Gasteiger partial charge in [-0.15, -0.1) is 11.3 Å². The molecule has 1 aliphatic rings. The fourth-order valence-corrected chi connectivity index (χ4v) is 3.74. The summed E-state index contributed by atoms with van der Waals surface area (Å²) in [6.45, 7) is 3.96. The number of aryl methyl sites for hydroxylation is 1. The molecule has 1 heterocycles. The molecule has 1 amide bonds. The molecule has 1 aromatic rings. The number of hydrogen-bond acceptors (Lipinski definition) is 3. The zero-order chi connectivity index (χ0) is 14.7. The number of rotatable bonds is 5. The fraction of sp³-hybridized carbons (Fsp3) is 0.600. The number of carboxylic acid groups (broad SMARTS) is 1. The number of hydrogen-bond donors (Lipinski definition) is 2. The van der Waals surface area contributed by atoms with Gasteiger partial charge in [0.15, 0.2) is 0 Å². The number of carboxylic acids is 1. The van der Waals surface area contributed by atoms with E-state index in [-0.39, 0.29) is 5.91 Å². The van der Waals surface area contributed by atoms with Crippen LogP contribution in [0.5, 0.6) is 0 Å². The first kappa shape index (κ1) is 15.0. The molecule has 0 spiro atoms. The van der Waals surface area contributed by atoms with Crippen LogP contribution in [0.15, 0.2) is 6.07 Å². The maximum absolute atomic E-state index is 12.1. The van der Waals surface area contributed by atoms with Gasteiger partial charge in [-0.3, -0.25) is 4.79 Å². The number of carbonyl (C=O) groups excluding carboxylic acids is 1. The highest BCUT2D eigenvalue weighted by Gasteiger charge is 2.24. The van der Waals surface area contributed by atoms with Gasteiger partial charge in [-0.1, -0.05) is 20.3 Å². The summed E-state index contributed by atoms with van der Waals surface area (Å²) in [5.41, 5.74) is 1.28. The smallest absolute Gasteiger partial charge is 0.326 e. The van der Waals surface area contributed by atoms with Crippen LogP contribution in [0.1, 0.15) is 53.2 Å². The third-order valence-electron chi connectivity index (χ3n) is 4.00. The van der Waals surface area contributed by atoms with Crippen LogP contribution in [-0.4, -0.2) is 23.0 Å². The standard InChI is InChI=1S/C15H21NO3S/c1-3-9-5-6-12-10(7-9)8-13(20-12)14(17)16-11(4-2)15(18)19/h8-9,11H,3-7H2,1-2H3,(H,16,17)(H,18,19). The van der Waals surface area contributed by atoms with Crippen LogP contribution in [0.25, 0.3) is 0 Å². The summed E-state index contributed by atoms with van der Waals surface area (Å²) in [6.07, 6.45) is 4.85. The molecular weight excluding hydrogens is 274 g/mol. The zero-order valence-electron chi connectivity index (χ0n) is 11.9. The SMILES string of the molecule is CCC1CCc2sc(C(=O)NC(CC)C(=O)O)cc2C1. The lowest BCUT2D eigenvalue weighted by Gasteiger charge is -2.19. The predicted octanol–water partition coefficient (Wildman–Crippen LogP) is 2.86. The Hall–Kier alpha value is -1.36. The molecule has 0 bridgehead atoms. The summed E-state index contributed by atoms with van der Waals surface area (Å²) in [5.74, 6) is -0.518. The molecule has 1 aromatic heterocycles. The Bertz CT molecular complexity index is 509. The first-order chi connectivity index (χ1) is 9.55. The number of thiophene rings is 1. The monoisotopic (exact) mass is 295 g/mol. The fourth-order valence-electron chi connectivity index (χ4n) is 2.63. The maximum Gasteiger partial charge on any atom is 0.326 e. The molecular formula is C15H21NO3S. The molecule has 1 aliphatic carbocycles. The van der Waals surface area contributed by atoms with E-state index >= 15 is 0 Å². The van der Waals surface area contributed by atoms with E-state index in [4.69, 9.17) is 5.11 Å². The molecule has 110 valence electrons. The van der Waals surface area contributed by atoms with Gasteiger partial charge in [0.25, 0.3) is 5.91 Å². The molecule has 0 saturated carbocycles. The van der Waals surface area contributed by atoms with Crippen molar-refractivity contribution in [2.24, 2.45) is 5.92 Å². The lowest BCUT2D eigenvalue weighted by molar-refractivity contribution is -0.139. The first-order valence-corrected chi connectivity index (χ1v) is 8.02. The van der Waals surface area contributed by atoms with Gasteiger partial charge in [0.05, 0.1) is 4.88 Å². The van der Waals surface area contributed by atoms with Crippen molar-refractivity contribution in [2.75, 3.05) is 0 Å². The first-order valence-electron chi connectivity index (χ1n) is 7.20. The topological polar surface area (TPSA) is 66.4 Å². The normalized spacial score (nSPS) is 19.2. The summed E-state index contributed by atoms with van der Waals surface area (Å²) in [6, 6.07) is 1.15. The van der Waals surface area contributed by atoms with Crippen LogP contribution in [0.4, 0.5) is 0 Å². The van der Waals surface area contributed by atoms with Crippen molar-refractivity contribution in [2.45, 2.75) is 52.0 Å². The average Bonchev–Trinajstić information content (AvgIpc) is 2.86. The van der Waals surface area contributed by atoms with Crippen molar-refractivity contribution in [1.82, 2.24) is 5.32 Å². The van der Waals surface area contributed by atoms with E-state index in [0.29, 0.717) is 11.3 Å². The van der Waals surface area contributed by atoms with Crippen molar-refractivity contribution in [3.05, 3.63) is 21.4 Å². The minimum atomic E-state index is -0.979. The van der Waals surface area contributed by atoms with Crippen LogP contribution in [0.2, 0.25) is 0 Å². The Morgan fingerprint density at radius 3 is 2.85 bits per heavy atom. The summed E-state index contributed by atoms with van der Waals surface area (Å²) in [4.78, 5) is 25.0. The van der Waals surface area contributed by atoms with Gasteiger partial charge in [0.1, 0.15) is 6.04 Å². The zero-order valence-corrected chi connectivity index (χ0v) is 12.8. The number of fused-ring (bicyclic) bond motifs is 1. The summed E-state index contributed by atoms with van der Waals surface area (Å²) < 4.78 is 0. The van der Waals surface area contributed by atoms with Crippen molar-refractivity contribution in [3.63, 3.8) is 0 Å². The van der Waals surface area contributed by atoms with Crippen LogP contribution in [0, 0.1) is 5.92 Å². The molecule has 0 fully saturated rings. The van der Waals surface area contributed by atoms with E-state index in [1.807, 2.05) is 6.07 Å². The highest BCUT2D eigenvalue weighted by molar-refractivity contribution is 7.14. The Labute approximate surface area is 123 Å².